The zero-order valence-electron chi connectivity index (χ0n) is 17.6. The van der Waals surface area contributed by atoms with Gasteiger partial charge in [-0.15, -0.1) is 0 Å². The Kier molecular flexibility index (Phi) is 7.39. The van der Waals surface area contributed by atoms with Crippen LogP contribution in [0.2, 0.25) is 0 Å². The van der Waals surface area contributed by atoms with Gasteiger partial charge in [0.1, 0.15) is 5.82 Å². The number of nitrogens with one attached hydrogen (secondary N) is 2. The van der Waals surface area contributed by atoms with Crippen molar-refractivity contribution in [2.24, 2.45) is 0 Å². The van der Waals surface area contributed by atoms with E-state index in [4.69, 9.17) is 5.41 Å². The largest absolute Gasteiger partial charge is 0.367 e. The maximum Gasteiger partial charge on any atom is 0.223 e. The lowest BCUT2D eigenvalue weighted by molar-refractivity contribution is -0.130. The van der Waals surface area contributed by atoms with E-state index in [0.717, 1.165) is 35.3 Å². The van der Waals surface area contributed by atoms with Crippen molar-refractivity contribution in [2.75, 3.05) is 12.4 Å². The van der Waals surface area contributed by atoms with Crippen LogP contribution >= 0.6 is 0 Å². The number of amides is 1. The van der Waals surface area contributed by atoms with Crippen molar-refractivity contribution < 1.29 is 4.79 Å². The van der Waals surface area contributed by atoms with E-state index in [9.17, 15) is 4.79 Å². The minimum atomic E-state index is 0.0573. The average Bonchev–Trinajstić information content (AvgIpc) is 2.73. The summed E-state index contributed by atoms with van der Waals surface area (Å²) in [6.45, 7) is 2.61. The van der Waals surface area contributed by atoms with Crippen LogP contribution in [0.25, 0.3) is 0 Å². The van der Waals surface area contributed by atoms with E-state index in [1.165, 1.54) is 19.3 Å². The van der Waals surface area contributed by atoms with Crippen LogP contribution < -0.4 is 5.32 Å². The van der Waals surface area contributed by atoms with Crippen LogP contribution in [0, 0.1) is 12.3 Å². The number of pyridine rings is 1. The number of carbonyl (C=O) groups is 1. The Morgan fingerprint density at radius 2 is 1.86 bits per heavy atom. The third-order valence-corrected chi connectivity index (χ3v) is 5.68. The molecule has 1 amide bonds. The van der Waals surface area contributed by atoms with E-state index < -0.39 is 0 Å². The molecule has 1 aromatic heterocycles. The predicted molar refractivity (Wildman–Crippen MR) is 118 cm³/mol. The Balaban J connectivity index is 1.60. The average molecular weight is 393 g/mol. The van der Waals surface area contributed by atoms with Crippen LogP contribution in [0.1, 0.15) is 61.6 Å². The number of benzene rings is 1. The minimum Gasteiger partial charge on any atom is -0.367 e. The fourth-order valence-corrected chi connectivity index (χ4v) is 3.98. The van der Waals surface area contributed by atoms with E-state index in [2.05, 4.69) is 10.3 Å². The predicted octanol–water partition coefficient (Wildman–Crippen LogP) is 4.94. The molecule has 1 aliphatic rings. The zero-order valence-corrected chi connectivity index (χ0v) is 17.6. The van der Waals surface area contributed by atoms with E-state index in [-0.39, 0.29) is 5.91 Å². The molecule has 1 aromatic carbocycles. The molecule has 1 saturated carbocycles. The maximum absolute atomic E-state index is 12.6. The van der Waals surface area contributed by atoms with Gasteiger partial charge >= 0.3 is 0 Å². The fraction of sp³-hybridized carbons (Fsp3) is 0.458. The molecule has 0 unspecified atom stereocenters. The van der Waals surface area contributed by atoms with E-state index in [0.29, 0.717) is 31.1 Å². The molecule has 29 heavy (non-hydrogen) atoms. The zero-order chi connectivity index (χ0) is 20.6. The molecule has 5 heteroatoms. The summed E-state index contributed by atoms with van der Waals surface area (Å²) in [7, 11) is 1.82. The van der Waals surface area contributed by atoms with Crippen LogP contribution in [-0.2, 0) is 11.3 Å². The van der Waals surface area contributed by atoms with Gasteiger partial charge in [0.05, 0.1) is 0 Å². The summed E-state index contributed by atoms with van der Waals surface area (Å²) < 4.78 is 0. The van der Waals surface area contributed by atoms with Gasteiger partial charge in [-0.25, -0.2) is 4.98 Å². The molecule has 154 valence electrons. The summed E-state index contributed by atoms with van der Waals surface area (Å²) in [4.78, 5) is 18.8. The third-order valence-electron chi connectivity index (χ3n) is 5.68. The second kappa shape index (κ2) is 10.2. The first-order chi connectivity index (χ1) is 14.0. The normalized spacial score (nSPS) is 14.4. The van der Waals surface area contributed by atoms with E-state index in [1.807, 2.05) is 50.4 Å². The summed E-state index contributed by atoms with van der Waals surface area (Å²) in [6, 6.07) is 12.4. The highest BCUT2D eigenvalue weighted by molar-refractivity contribution is 6.04. The van der Waals surface area contributed by atoms with Gasteiger partial charge in [-0.1, -0.05) is 49.6 Å². The molecule has 1 fully saturated rings. The van der Waals surface area contributed by atoms with Crippen molar-refractivity contribution in [2.45, 2.75) is 64.5 Å². The highest BCUT2D eigenvalue weighted by atomic mass is 16.2. The molecule has 2 aromatic rings. The molecule has 2 N–H and O–H groups in total. The summed E-state index contributed by atoms with van der Waals surface area (Å²) in [5.74, 6) is 0.855. The number of nitrogens with zero attached hydrogens (tertiary/aromatic N) is 2. The number of aromatic nitrogens is 1. The third kappa shape index (κ3) is 5.89. The smallest absolute Gasteiger partial charge is 0.223 e. The van der Waals surface area contributed by atoms with Gasteiger partial charge in [0, 0.05) is 43.5 Å². The van der Waals surface area contributed by atoms with E-state index >= 15 is 0 Å². The van der Waals surface area contributed by atoms with Crippen molar-refractivity contribution in [3.8, 4) is 0 Å². The van der Waals surface area contributed by atoms with Crippen molar-refractivity contribution in [3.63, 3.8) is 0 Å². The fourth-order valence-electron chi connectivity index (χ4n) is 3.98. The van der Waals surface area contributed by atoms with Gasteiger partial charge < -0.3 is 15.6 Å². The first-order valence-electron chi connectivity index (χ1n) is 10.6. The number of carbonyl (C=O) groups excluding carboxylic acids is 1. The molecule has 0 aliphatic heterocycles. The Morgan fingerprint density at radius 3 is 2.59 bits per heavy atom. The van der Waals surface area contributed by atoms with Crippen molar-refractivity contribution in [1.29, 1.82) is 5.41 Å². The second-order valence-corrected chi connectivity index (χ2v) is 8.04. The summed E-state index contributed by atoms with van der Waals surface area (Å²) >= 11 is 0. The van der Waals surface area contributed by atoms with Gasteiger partial charge in [-0.2, -0.15) is 0 Å². The molecule has 0 spiro atoms. The van der Waals surface area contributed by atoms with Crippen LogP contribution in [0.15, 0.2) is 42.6 Å². The minimum absolute atomic E-state index is 0.0573. The van der Waals surface area contributed by atoms with Gasteiger partial charge in [-0.3, -0.25) is 4.79 Å². The molecule has 0 bridgehead atoms. The molecule has 1 heterocycles. The van der Waals surface area contributed by atoms with Crippen molar-refractivity contribution in [3.05, 3.63) is 59.3 Å². The first kappa shape index (κ1) is 21.0. The monoisotopic (exact) mass is 392 g/mol. The van der Waals surface area contributed by atoms with Crippen LogP contribution in [-0.4, -0.2) is 34.6 Å². The van der Waals surface area contributed by atoms with Crippen LogP contribution in [0.4, 0.5) is 5.82 Å². The Hall–Kier alpha value is -2.69. The van der Waals surface area contributed by atoms with Crippen molar-refractivity contribution in [1.82, 2.24) is 9.88 Å². The molecular formula is C24H32N4O. The summed E-state index contributed by atoms with van der Waals surface area (Å²) in [5.41, 5.74) is 3.49. The highest BCUT2D eigenvalue weighted by Gasteiger charge is 2.19. The Morgan fingerprint density at radius 1 is 1.14 bits per heavy atom. The number of aryl methyl sites for hydroxylation is 1. The van der Waals surface area contributed by atoms with Gasteiger partial charge in [0.25, 0.3) is 0 Å². The van der Waals surface area contributed by atoms with Gasteiger partial charge in [-0.05, 0) is 43.4 Å². The molecule has 1 aliphatic carbocycles. The Labute approximate surface area is 174 Å². The lowest BCUT2D eigenvalue weighted by Crippen LogP contribution is -2.27. The highest BCUT2D eigenvalue weighted by Crippen LogP contribution is 2.25. The van der Waals surface area contributed by atoms with Crippen LogP contribution in [0.5, 0.6) is 0 Å². The summed E-state index contributed by atoms with van der Waals surface area (Å²) in [6.07, 6.45) is 8.67. The maximum atomic E-state index is 12.6. The number of hydrogen-bond acceptors (Lipinski definition) is 4. The molecule has 0 atom stereocenters. The first-order valence-corrected chi connectivity index (χ1v) is 10.6. The molecular weight excluding hydrogens is 360 g/mol. The lowest BCUT2D eigenvalue weighted by atomic mass is 9.94. The molecule has 0 radical (unpaired) electrons. The van der Waals surface area contributed by atoms with E-state index in [1.54, 1.807) is 11.1 Å². The number of hydrogen-bond donors (Lipinski definition) is 2. The SMILES string of the molecule is Cc1ccnc(NC2CCCCC2)c1C(=N)CCC(=O)N(C)Cc1ccccc1. The van der Waals surface area contributed by atoms with Crippen LogP contribution in [0.3, 0.4) is 0 Å². The molecule has 0 saturated heterocycles. The molecule has 3 rings (SSSR count). The number of anilines is 1. The quantitative estimate of drug-likeness (QED) is 0.625. The van der Waals surface area contributed by atoms with Gasteiger partial charge in [0.2, 0.25) is 5.91 Å². The number of rotatable bonds is 8. The topological polar surface area (TPSA) is 69.1 Å². The summed E-state index contributed by atoms with van der Waals surface area (Å²) in [5, 5.41) is 12.2. The lowest BCUT2D eigenvalue weighted by Gasteiger charge is -2.25. The second-order valence-electron chi connectivity index (χ2n) is 8.04. The Bertz CT molecular complexity index is 828. The van der Waals surface area contributed by atoms with Crippen molar-refractivity contribution >= 4 is 17.4 Å². The van der Waals surface area contributed by atoms with Gasteiger partial charge in [0.15, 0.2) is 0 Å². The molecule has 5 nitrogen and oxygen atoms in total. The standard InChI is InChI=1S/C24H32N4O/c1-18-15-16-26-24(27-20-11-7-4-8-12-20)23(18)21(25)13-14-22(29)28(2)17-19-9-5-3-6-10-19/h3,5-6,9-10,15-16,20,25H,4,7-8,11-14,17H2,1-2H3,(H,26,27).